The number of likely N-dealkylation sites (tertiary alicyclic amines) is 1. The number of benzene rings is 1. The molecule has 0 bridgehead atoms. The van der Waals surface area contributed by atoms with Crippen molar-refractivity contribution in [3.63, 3.8) is 0 Å². The molecule has 0 N–H and O–H groups in total. The summed E-state index contributed by atoms with van der Waals surface area (Å²) in [5, 5.41) is 9.82. The number of piperidine rings is 1. The molecular weight excluding hydrogens is 282 g/mol. The quantitative estimate of drug-likeness (QED) is 0.857. The van der Waals surface area contributed by atoms with Gasteiger partial charge in [-0.15, -0.1) is 0 Å². The maximum absolute atomic E-state index is 9.82. The van der Waals surface area contributed by atoms with Gasteiger partial charge < -0.3 is 9.80 Å². The van der Waals surface area contributed by atoms with Crippen molar-refractivity contribution < 1.29 is 0 Å². The fourth-order valence-corrected chi connectivity index (χ4v) is 4.45. The van der Waals surface area contributed by atoms with Crippen molar-refractivity contribution in [3.8, 4) is 6.07 Å². The third kappa shape index (κ3) is 3.44. The number of rotatable bonds is 3. The van der Waals surface area contributed by atoms with Crippen LogP contribution in [0.15, 0.2) is 30.3 Å². The van der Waals surface area contributed by atoms with Crippen molar-refractivity contribution in [1.29, 1.82) is 5.26 Å². The van der Waals surface area contributed by atoms with Crippen LogP contribution in [0.1, 0.15) is 44.1 Å². The second-order valence-corrected chi connectivity index (χ2v) is 7.52. The van der Waals surface area contributed by atoms with Gasteiger partial charge in [0.15, 0.2) is 0 Å². The molecule has 0 aromatic heterocycles. The Balaban J connectivity index is 1.59. The van der Waals surface area contributed by atoms with Crippen LogP contribution < -0.4 is 0 Å². The molecule has 3 heteroatoms. The molecule has 23 heavy (non-hydrogen) atoms. The summed E-state index contributed by atoms with van der Waals surface area (Å²) in [6, 6.07) is 14.5. The first-order chi connectivity index (χ1) is 11.1. The summed E-state index contributed by atoms with van der Waals surface area (Å²) in [5.74, 6) is 0. The van der Waals surface area contributed by atoms with Crippen LogP contribution in [0.2, 0.25) is 0 Å². The SMILES string of the molecule is CN(C)C1CCN(C2CCC(C#N)(c3ccccc3)CC2)CC1. The summed E-state index contributed by atoms with van der Waals surface area (Å²) in [6.07, 6.45) is 6.90. The molecule has 1 aromatic carbocycles. The summed E-state index contributed by atoms with van der Waals surface area (Å²) in [5.41, 5.74) is 0.965. The Hall–Kier alpha value is -1.37. The molecule has 1 aliphatic heterocycles. The van der Waals surface area contributed by atoms with E-state index in [1.54, 1.807) is 0 Å². The summed E-state index contributed by atoms with van der Waals surface area (Å²) < 4.78 is 0. The van der Waals surface area contributed by atoms with E-state index in [4.69, 9.17) is 0 Å². The highest BCUT2D eigenvalue weighted by atomic mass is 15.2. The van der Waals surface area contributed by atoms with Crippen LogP contribution in [0, 0.1) is 11.3 Å². The van der Waals surface area contributed by atoms with Crippen LogP contribution in [-0.4, -0.2) is 49.1 Å². The molecule has 1 saturated carbocycles. The number of hydrogen-bond acceptors (Lipinski definition) is 3. The highest BCUT2D eigenvalue weighted by molar-refractivity contribution is 5.33. The van der Waals surface area contributed by atoms with Crippen LogP contribution in [0.3, 0.4) is 0 Å². The van der Waals surface area contributed by atoms with Crippen LogP contribution in [0.5, 0.6) is 0 Å². The molecule has 0 radical (unpaired) electrons. The molecule has 124 valence electrons. The van der Waals surface area contributed by atoms with Crippen molar-refractivity contribution in [3.05, 3.63) is 35.9 Å². The average molecular weight is 311 g/mol. The van der Waals surface area contributed by atoms with Crippen molar-refractivity contribution >= 4 is 0 Å². The first-order valence-electron chi connectivity index (χ1n) is 9.02. The van der Waals surface area contributed by atoms with Crippen LogP contribution in [0.25, 0.3) is 0 Å². The lowest BCUT2D eigenvalue weighted by Gasteiger charge is -2.44. The van der Waals surface area contributed by atoms with Gasteiger partial charge in [0.25, 0.3) is 0 Å². The van der Waals surface area contributed by atoms with Gasteiger partial charge in [-0.25, -0.2) is 0 Å². The highest BCUT2D eigenvalue weighted by Gasteiger charge is 2.39. The van der Waals surface area contributed by atoms with Crippen LogP contribution in [-0.2, 0) is 5.41 Å². The fraction of sp³-hybridized carbons (Fsp3) is 0.650. The zero-order valence-corrected chi connectivity index (χ0v) is 14.5. The lowest BCUT2D eigenvalue weighted by atomic mass is 9.69. The average Bonchev–Trinajstić information content (AvgIpc) is 2.62. The van der Waals surface area contributed by atoms with E-state index < -0.39 is 0 Å². The van der Waals surface area contributed by atoms with Crippen molar-refractivity contribution in [2.24, 2.45) is 0 Å². The molecule has 0 amide bonds. The minimum Gasteiger partial charge on any atom is -0.306 e. The van der Waals surface area contributed by atoms with Crippen molar-refractivity contribution in [2.45, 2.75) is 56.0 Å². The minimum atomic E-state index is -0.250. The molecule has 3 rings (SSSR count). The molecule has 1 aromatic rings. The van der Waals surface area contributed by atoms with E-state index in [0.29, 0.717) is 6.04 Å². The minimum absolute atomic E-state index is 0.250. The Kier molecular flexibility index (Phi) is 5.04. The van der Waals surface area contributed by atoms with E-state index in [0.717, 1.165) is 31.7 Å². The van der Waals surface area contributed by atoms with Gasteiger partial charge in [0.2, 0.25) is 0 Å². The third-order valence-electron chi connectivity index (χ3n) is 6.09. The van der Waals surface area contributed by atoms with E-state index in [9.17, 15) is 5.26 Å². The molecule has 0 spiro atoms. The Labute approximate surface area is 140 Å². The zero-order chi connectivity index (χ0) is 16.3. The van der Waals surface area contributed by atoms with Gasteiger partial charge in [0, 0.05) is 12.1 Å². The molecule has 2 aliphatic rings. The van der Waals surface area contributed by atoms with Gasteiger partial charge in [-0.3, -0.25) is 0 Å². The Morgan fingerprint density at radius 1 is 1.04 bits per heavy atom. The van der Waals surface area contributed by atoms with Gasteiger partial charge >= 0.3 is 0 Å². The molecule has 2 fully saturated rings. The van der Waals surface area contributed by atoms with Crippen LogP contribution in [0.4, 0.5) is 0 Å². The summed E-state index contributed by atoms with van der Waals surface area (Å²) >= 11 is 0. The Morgan fingerprint density at radius 2 is 1.65 bits per heavy atom. The topological polar surface area (TPSA) is 30.3 Å². The Morgan fingerprint density at radius 3 is 2.17 bits per heavy atom. The predicted octanol–water partition coefficient (Wildman–Crippen LogP) is 3.42. The number of nitriles is 1. The number of nitrogens with zero attached hydrogens (tertiary/aromatic N) is 3. The second kappa shape index (κ2) is 7.03. The summed E-state index contributed by atoms with van der Waals surface area (Å²) in [4.78, 5) is 5.06. The predicted molar refractivity (Wildman–Crippen MR) is 94.3 cm³/mol. The monoisotopic (exact) mass is 311 g/mol. The van der Waals surface area contributed by atoms with E-state index in [-0.39, 0.29) is 5.41 Å². The lowest BCUT2D eigenvalue weighted by Crippen LogP contribution is -2.48. The van der Waals surface area contributed by atoms with E-state index in [1.165, 1.54) is 31.5 Å². The maximum Gasteiger partial charge on any atom is 0.0823 e. The first-order valence-corrected chi connectivity index (χ1v) is 9.02. The van der Waals surface area contributed by atoms with Gasteiger partial charge in [-0.05, 0) is 71.3 Å². The zero-order valence-electron chi connectivity index (χ0n) is 14.5. The smallest absolute Gasteiger partial charge is 0.0823 e. The maximum atomic E-state index is 9.82. The normalized spacial score (nSPS) is 30.3. The van der Waals surface area contributed by atoms with Crippen LogP contribution >= 0.6 is 0 Å². The third-order valence-corrected chi connectivity index (χ3v) is 6.09. The van der Waals surface area contributed by atoms with Gasteiger partial charge in [-0.2, -0.15) is 5.26 Å². The molecular formula is C20H29N3. The van der Waals surface area contributed by atoms with Gasteiger partial charge in [-0.1, -0.05) is 30.3 Å². The van der Waals surface area contributed by atoms with E-state index in [1.807, 2.05) is 6.07 Å². The first kappa shape index (κ1) is 16.5. The molecule has 3 nitrogen and oxygen atoms in total. The fourth-order valence-electron chi connectivity index (χ4n) is 4.45. The molecule has 1 aliphatic carbocycles. The Bertz CT molecular complexity index is 530. The molecule has 1 saturated heterocycles. The lowest BCUT2D eigenvalue weighted by molar-refractivity contribution is 0.0807. The summed E-state index contributed by atoms with van der Waals surface area (Å²) in [7, 11) is 4.39. The second-order valence-electron chi connectivity index (χ2n) is 7.52. The molecule has 1 heterocycles. The van der Waals surface area contributed by atoms with Gasteiger partial charge in [0.05, 0.1) is 11.5 Å². The number of hydrogen-bond donors (Lipinski definition) is 0. The van der Waals surface area contributed by atoms with Crippen molar-refractivity contribution in [2.75, 3.05) is 27.2 Å². The van der Waals surface area contributed by atoms with E-state index in [2.05, 4.69) is 54.2 Å². The standard InChI is InChI=1S/C20H29N3/c1-22(2)18-10-14-23(15-11-18)19-8-12-20(16-21,13-9-19)17-6-4-3-5-7-17/h3-7,18-19H,8-15H2,1-2H3. The summed E-state index contributed by atoms with van der Waals surface area (Å²) in [6.45, 7) is 2.44. The largest absolute Gasteiger partial charge is 0.306 e. The van der Waals surface area contributed by atoms with Crippen molar-refractivity contribution in [1.82, 2.24) is 9.80 Å². The van der Waals surface area contributed by atoms with E-state index >= 15 is 0 Å². The van der Waals surface area contributed by atoms with Gasteiger partial charge in [0.1, 0.15) is 0 Å². The molecule has 0 atom stereocenters. The molecule has 0 unspecified atom stereocenters. The highest BCUT2D eigenvalue weighted by Crippen LogP contribution is 2.40.